The van der Waals surface area contributed by atoms with E-state index >= 15 is 0 Å². The quantitative estimate of drug-likeness (QED) is 0.449. The van der Waals surface area contributed by atoms with Crippen LogP contribution in [-0.2, 0) is 19.0 Å². The Balaban J connectivity index is 3.18. The normalized spacial score (nSPS) is 35.8. The first kappa shape index (κ1) is 17.6. The predicted molar refractivity (Wildman–Crippen MR) is 77.0 cm³/mol. The number of likely N-dealkylation sites (N-methyl/N-ethyl adjacent to an activating group) is 1. The molecule has 0 bridgehead atoms. The average Bonchev–Trinajstić information content (AvgIpc) is 2.51. The van der Waals surface area contributed by atoms with E-state index in [-0.39, 0.29) is 6.42 Å². The minimum Gasteiger partial charge on any atom is -0.465 e. The van der Waals surface area contributed by atoms with Crippen molar-refractivity contribution in [3.8, 4) is 0 Å². The minimum atomic E-state index is -1.89. The number of ether oxygens (including phenoxy) is 3. The lowest BCUT2D eigenvalue weighted by Crippen LogP contribution is -2.67. The van der Waals surface area contributed by atoms with E-state index in [1.807, 2.05) is 0 Å². The third kappa shape index (κ3) is 3.95. The van der Waals surface area contributed by atoms with Crippen molar-refractivity contribution in [3.63, 3.8) is 0 Å². The van der Waals surface area contributed by atoms with Crippen molar-refractivity contribution < 1.29 is 35.7 Å². The highest BCUT2D eigenvalue weighted by atomic mass is 16.7. The van der Waals surface area contributed by atoms with Crippen LogP contribution in [0.3, 0.4) is 0 Å². The molecule has 8 heteroatoms. The number of carbonyl (C=O) groups excluding carboxylic acids is 1. The number of esters is 1. The fraction of sp³-hybridized carbons (Fsp3) is 0.929. The summed E-state index contributed by atoms with van der Waals surface area (Å²) in [6.07, 6.45) is -5.74. The van der Waals surface area contributed by atoms with Gasteiger partial charge in [-0.3, -0.25) is 0 Å². The van der Waals surface area contributed by atoms with E-state index in [9.17, 15) is 20.1 Å². The number of methoxy groups -OCH3 is 1. The van der Waals surface area contributed by atoms with Gasteiger partial charge in [0, 0.05) is 7.79 Å². The number of aliphatic hydroxyl groups excluding tert-OH is 3. The molecule has 0 spiro atoms. The van der Waals surface area contributed by atoms with Gasteiger partial charge in [0.1, 0.15) is 12.2 Å². The molecule has 0 amide bonds. The molecule has 22 heavy (non-hydrogen) atoms. The Morgan fingerprint density at radius 3 is 2.59 bits per heavy atom. The van der Waals surface area contributed by atoms with Crippen molar-refractivity contribution in [1.82, 2.24) is 5.32 Å². The van der Waals surface area contributed by atoms with Crippen molar-refractivity contribution in [1.29, 1.82) is 0 Å². The lowest BCUT2D eigenvalue weighted by atomic mass is 9.89. The standard InChI is InChI=1S/C14H27NO7/c1-7(2)21-14(13(19)20-5)6-9(17)10(15-4)12(22-14)11(18)8(3)16/h7-12,15-18H,6H2,1-5H3/i3D. The molecule has 8 nitrogen and oxygen atoms in total. The Morgan fingerprint density at radius 1 is 1.50 bits per heavy atom. The Morgan fingerprint density at radius 2 is 2.14 bits per heavy atom. The van der Waals surface area contributed by atoms with Gasteiger partial charge in [0.2, 0.25) is 0 Å². The first-order chi connectivity index (χ1) is 10.7. The zero-order chi connectivity index (χ0) is 17.8. The van der Waals surface area contributed by atoms with E-state index in [2.05, 4.69) is 5.32 Å². The van der Waals surface area contributed by atoms with Gasteiger partial charge in [-0.25, -0.2) is 4.79 Å². The summed E-state index contributed by atoms with van der Waals surface area (Å²) in [5.74, 6) is -2.72. The summed E-state index contributed by atoms with van der Waals surface area (Å²) < 4.78 is 23.2. The van der Waals surface area contributed by atoms with E-state index < -0.39 is 55.2 Å². The maximum Gasteiger partial charge on any atom is 0.366 e. The second-order valence-electron chi connectivity index (χ2n) is 5.64. The highest BCUT2D eigenvalue weighted by Gasteiger charge is 2.55. The van der Waals surface area contributed by atoms with Gasteiger partial charge in [-0.05, 0) is 27.8 Å². The molecule has 0 radical (unpaired) electrons. The van der Waals surface area contributed by atoms with Crippen molar-refractivity contribution >= 4 is 5.97 Å². The van der Waals surface area contributed by atoms with Gasteiger partial charge < -0.3 is 34.8 Å². The summed E-state index contributed by atoms with van der Waals surface area (Å²) in [5.41, 5.74) is 0. The molecule has 0 aliphatic carbocycles. The molecule has 1 aliphatic rings. The molecule has 130 valence electrons. The lowest BCUT2D eigenvalue weighted by Gasteiger charge is -2.47. The smallest absolute Gasteiger partial charge is 0.366 e. The minimum absolute atomic E-state index is 0.191. The summed E-state index contributed by atoms with van der Waals surface area (Å²) in [7, 11) is 2.72. The Kier molecular flexibility index (Phi) is 6.13. The maximum atomic E-state index is 12.2. The first-order valence-corrected chi connectivity index (χ1v) is 7.17. The molecule has 1 aliphatic heterocycles. The van der Waals surface area contributed by atoms with Crippen LogP contribution < -0.4 is 5.32 Å². The van der Waals surface area contributed by atoms with Crippen LogP contribution in [0.4, 0.5) is 0 Å². The summed E-state index contributed by atoms with van der Waals surface area (Å²) in [6, 6.07) is -0.750. The van der Waals surface area contributed by atoms with E-state index in [0.29, 0.717) is 0 Å². The van der Waals surface area contributed by atoms with Crippen molar-refractivity contribution in [2.45, 2.75) is 69.5 Å². The molecule has 4 N–H and O–H groups in total. The molecule has 1 heterocycles. The zero-order valence-corrected chi connectivity index (χ0v) is 13.4. The predicted octanol–water partition coefficient (Wildman–Crippen LogP) is -1.24. The third-order valence-electron chi connectivity index (χ3n) is 3.56. The molecule has 0 aromatic carbocycles. The fourth-order valence-corrected chi connectivity index (χ4v) is 2.61. The maximum absolute atomic E-state index is 12.2. The Bertz CT molecular complexity index is 397. The summed E-state index contributed by atoms with van der Waals surface area (Å²) in [5, 5.41) is 33.1. The van der Waals surface area contributed by atoms with Gasteiger partial charge >= 0.3 is 5.97 Å². The van der Waals surface area contributed by atoms with Crippen LogP contribution in [0.1, 0.15) is 28.5 Å². The summed E-state index contributed by atoms with van der Waals surface area (Å²) in [4.78, 5) is 12.2. The summed E-state index contributed by atoms with van der Waals surface area (Å²) in [6.45, 7) is 2.92. The SMILES string of the molecule is [2H]CC(O)C(O)C1OC(OC(C)C)(C(=O)OC)CC(O)C1NC. The van der Waals surface area contributed by atoms with Gasteiger partial charge in [-0.1, -0.05) is 0 Å². The molecule has 1 rings (SSSR count). The van der Waals surface area contributed by atoms with E-state index in [1.54, 1.807) is 20.9 Å². The monoisotopic (exact) mass is 322 g/mol. The van der Waals surface area contributed by atoms with E-state index in [4.69, 9.17) is 15.6 Å². The molecule has 1 saturated heterocycles. The van der Waals surface area contributed by atoms with Crippen LogP contribution in [0, 0.1) is 0 Å². The van der Waals surface area contributed by atoms with Crippen molar-refractivity contribution in [2.24, 2.45) is 0 Å². The van der Waals surface area contributed by atoms with E-state index in [1.165, 1.54) is 0 Å². The van der Waals surface area contributed by atoms with E-state index in [0.717, 1.165) is 7.11 Å². The lowest BCUT2D eigenvalue weighted by molar-refractivity contribution is -0.320. The van der Waals surface area contributed by atoms with Gasteiger partial charge in [0.15, 0.2) is 0 Å². The fourth-order valence-electron chi connectivity index (χ4n) is 2.61. The molecule has 6 atom stereocenters. The van der Waals surface area contributed by atoms with Crippen molar-refractivity contribution in [3.05, 3.63) is 0 Å². The third-order valence-corrected chi connectivity index (χ3v) is 3.56. The molecule has 0 aromatic rings. The Labute approximate surface area is 131 Å². The van der Waals surface area contributed by atoms with Crippen molar-refractivity contribution in [2.75, 3.05) is 14.2 Å². The second kappa shape index (κ2) is 7.67. The second-order valence-corrected chi connectivity index (χ2v) is 5.64. The molecule has 0 saturated carbocycles. The average molecular weight is 322 g/mol. The topological polar surface area (TPSA) is 117 Å². The first-order valence-electron chi connectivity index (χ1n) is 7.87. The number of hydrogen-bond acceptors (Lipinski definition) is 8. The molecule has 1 fully saturated rings. The molecular formula is C14H27NO7. The highest BCUT2D eigenvalue weighted by molar-refractivity contribution is 5.78. The number of carbonyl (C=O) groups is 1. The largest absolute Gasteiger partial charge is 0.465 e. The highest BCUT2D eigenvalue weighted by Crippen LogP contribution is 2.34. The van der Waals surface area contributed by atoms with Gasteiger partial charge in [-0.2, -0.15) is 0 Å². The number of aliphatic hydroxyl groups is 3. The Hall–Kier alpha value is -0.770. The van der Waals surface area contributed by atoms with Gasteiger partial charge in [-0.15, -0.1) is 0 Å². The number of rotatable bonds is 6. The summed E-state index contributed by atoms with van der Waals surface area (Å²) >= 11 is 0. The van der Waals surface area contributed by atoms with Gasteiger partial charge in [0.05, 0.1) is 31.5 Å². The van der Waals surface area contributed by atoms with Crippen LogP contribution in [0.15, 0.2) is 0 Å². The van der Waals surface area contributed by atoms with Crippen LogP contribution in [0.25, 0.3) is 0 Å². The van der Waals surface area contributed by atoms with Gasteiger partial charge in [0.25, 0.3) is 5.79 Å². The molecule has 6 unspecified atom stereocenters. The molecule has 0 aromatic heterocycles. The number of nitrogens with one attached hydrogen (secondary N) is 1. The van der Waals surface area contributed by atoms with Crippen LogP contribution in [-0.4, -0.2) is 77.8 Å². The van der Waals surface area contributed by atoms with Crippen LogP contribution in [0.5, 0.6) is 0 Å². The van der Waals surface area contributed by atoms with Crippen LogP contribution in [0.2, 0.25) is 0 Å². The molecular weight excluding hydrogens is 294 g/mol. The number of hydrogen-bond donors (Lipinski definition) is 4. The van der Waals surface area contributed by atoms with Crippen LogP contribution >= 0.6 is 0 Å². The zero-order valence-electron chi connectivity index (χ0n) is 14.4.